The fourth-order valence-corrected chi connectivity index (χ4v) is 3.47. The molecule has 30 heavy (non-hydrogen) atoms. The number of aromatic nitrogens is 2. The predicted molar refractivity (Wildman–Crippen MR) is 117 cm³/mol. The maximum atomic E-state index is 13.3. The van der Waals surface area contributed by atoms with Gasteiger partial charge in [0.1, 0.15) is 17.3 Å². The molecule has 160 valence electrons. The number of rotatable bonds is 10. The lowest BCUT2D eigenvalue weighted by molar-refractivity contribution is 0.105. The Hall–Kier alpha value is -2.70. The van der Waals surface area contributed by atoms with Crippen LogP contribution in [0.2, 0.25) is 0 Å². The van der Waals surface area contributed by atoms with Gasteiger partial charge in [-0.3, -0.25) is 4.90 Å². The minimum absolute atomic E-state index is 0.305. The highest BCUT2D eigenvalue weighted by atomic mass is 19.1. The first-order valence-corrected chi connectivity index (χ1v) is 10.5. The van der Waals surface area contributed by atoms with Gasteiger partial charge in [0.15, 0.2) is 0 Å². The van der Waals surface area contributed by atoms with Crippen molar-refractivity contribution in [1.82, 2.24) is 14.7 Å². The van der Waals surface area contributed by atoms with Gasteiger partial charge in [-0.1, -0.05) is 44.2 Å². The van der Waals surface area contributed by atoms with Crippen molar-refractivity contribution >= 4 is 0 Å². The summed E-state index contributed by atoms with van der Waals surface area (Å²) in [5.41, 5.74) is 2.80. The van der Waals surface area contributed by atoms with E-state index in [9.17, 15) is 9.50 Å². The summed E-state index contributed by atoms with van der Waals surface area (Å²) in [5.74, 6) is 0.865. The molecule has 1 heterocycles. The predicted octanol–water partition coefficient (Wildman–Crippen LogP) is 5.00. The van der Waals surface area contributed by atoms with E-state index in [1.165, 1.54) is 12.1 Å². The largest absolute Gasteiger partial charge is 0.439 e. The third kappa shape index (κ3) is 5.46. The van der Waals surface area contributed by atoms with E-state index in [-0.39, 0.29) is 11.9 Å². The minimum atomic E-state index is -0.380. The van der Waals surface area contributed by atoms with Gasteiger partial charge in [0.05, 0.1) is 11.7 Å². The summed E-state index contributed by atoms with van der Waals surface area (Å²) in [6.45, 7) is 6.15. The van der Waals surface area contributed by atoms with Crippen molar-refractivity contribution in [3.8, 4) is 22.9 Å². The SMILES string of the molecule is CCCN(Cc1c(-c2ccccc2)nn(C)c1Oc1ccc(F)cc1)C[C@@H](O)CC. The van der Waals surface area contributed by atoms with Crippen molar-refractivity contribution in [1.29, 1.82) is 0 Å². The first-order valence-electron chi connectivity index (χ1n) is 10.5. The van der Waals surface area contributed by atoms with Crippen molar-refractivity contribution in [2.75, 3.05) is 13.1 Å². The molecule has 2 aromatic carbocycles. The van der Waals surface area contributed by atoms with E-state index in [1.54, 1.807) is 16.8 Å². The van der Waals surface area contributed by atoms with Crippen LogP contribution in [0.1, 0.15) is 32.3 Å². The lowest BCUT2D eigenvalue weighted by atomic mass is 10.1. The van der Waals surface area contributed by atoms with Gasteiger partial charge in [0.2, 0.25) is 5.88 Å². The maximum absolute atomic E-state index is 13.3. The van der Waals surface area contributed by atoms with Crippen LogP contribution in [0.4, 0.5) is 4.39 Å². The first kappa shape index (κ1) is 22.0. The van der Waals surface area contributed by atoms with Gasteiger partial charge in [0.25, 0.3) is 0 Å². The molecule has 6 heteroatoms. The first-order chi connectivity index (χ1) is 14.5. The number of aliphatic hydroxyl groups is 1. The summed E-state index contributed by atoms with van der Waals surface area (Å²) in [6.07, 6.45) is 1.30. The van der Waals surface area contributed by atoms with E-state index >= 15 is 0 Å². The summed E-state index contributed by atoms with van der Waals surface area (Å²) in [5, 5.41) is 15.0. The van der Waals surface area contributed by atoms with Crippen LogP contribution < -0.4 is 4.74 Å². The number of aliphatic hydroxyl groups excluding tert-OH is 1. The summed E-state index contributed by atoms with van der Waals surface area (Å²) >= 11 is 0. The Balaban J connectivity index is 2.00. The number of ether oxygens (including phenoxy) is 1. The smallest absolute Gasteiger partial charge is 0.222 e. The Morgan fingerprint density at radius 1 is 1.10 bits per heavy atom. The van der Waals surface area contributed by atoms with Crippen molar-refractivity contribution in [2.45, 2.75) is 39.3 Å². The van der Waals surface area contributed by atoms with Gasteiger partial charge < -0.3 is 9.84 Å². The van der Waals surface area contributed by atoms with E-state index < -0.39 is 0 Å². The molecule has 0 aliphatic rings. The van der Waals surface area contributed by atoms with Crippen molar-refractivity contribution in [3.63, 3.8) is 0 Å². The molecule has 0 fully saturated rings. The standard InChI is InChI=1S/C24H30FN3O2/c1-4-15-28(16-20(29)5-2)17-22-23(18-9-7-6-8-10-18)26-27(3)24(22)30-21-13-11-19(25)12-14-21/h6-14,20,29H,4-5,15-17H2,1-3H3/t20-/m0/s1. The van der Waals surface area contributed by atoms with Crippen molar-refractivity contribution in [2.24, 2.45) is 7.05 Å². The molecule has 0 amide bonds. The van der Waals surface area contributed by atoms with Gasteiger partial charge in [0, 0.05) is 25.7 Å². The lowest BCUT2D eigenvalue weighted by Crippen LogP contribution is -2.32. The second kappa shape index (κ2) is 10.4. The van der Waals surface area contributed by atoms with Gasteiger partial charge in [-0.05, 0) is 43.7 Å². The zero-order chi connectivity index (χ0) is 21.5. The molecule has 0 spiro atoms. The molecule has 0 radical (unpaired) electrons. The van der Waals surface area contributed by atoms with Crippen LogP contribution in [0.3, 0.4) is 0 Å². The summed E-state index contributed by atoms with van der Waals surface area (Å²) in [6, 6.07) is 16.0. The maximum Gasteiger partial charge on any atom is 0.222 e. The fraction of sp³-hybridized carbons (Fsp3) is 0.375. The molecule has 0 saturated carbocycles. The summed E-state index contributed by atoms with van der Waals surface area (Å²) in [4.78, 5) is 2.23. The Bertz CT molecular complexity index is 926. The van der Waals surface area contributed by atoms with E-state index in [0.29, 0.717) is 31.1 Å². The fourth-order valence-electron chi connectivity index (χ4n) is 3.47. The van der Waals surface area contributed by atoms with Gasteiger partial charge in [-0.15, -0.1) is 0 Å². The topological polar surface area (TPSA) is 50.5 Å². The summed E-state index contributed by atoms with van der Waals surface area (Å²) < 4.78 is 21.2. The highest BCUT2D eigenvalue weighted by Gasteiger charge is 2.23. The van der Waals surface area contributed by atoms with Crippen molar-refractivity contribution < 1.29 is 14.2 Å². The van der Waals surface area contributed by atoms with Crippen LogP contribution >= 0.6 is 0 Å². The molecule has 0 unspecified atom stereocenters. The van der Waals surface area contributed by atoms with E-state index in [4.69, 9.17) is 9.84 Å². The van der Waals surface area contributed by atoms with Gasteiger partial charge >= 0.3 is 0 Å². The van der Waals surface area contributed by atoms with Gasteiger partial charge in [-0.25, -0.2) is 9.07 Å². The number of benzene rings is 2. The molecular formula is C24H30FN3O2. The number of nitrogens with zero attached hydrogens (tertiary/aromatic N) is 3. The average molecular weight is 412 g/mol. The Kier molecular flexibility index (Phi) is 7.60. The number of hydrogen-bond acceptors (Lipinski definition) is 4. The molecule has 0 bridgehead atoms. The molecule has 3 aromatic rings. The number of hydrogen-bond donors (Lipinski definition) is 1. The highest BCUT2D eigenvalue weighted by Crippen LogP contribution is 2.34. The normalized spacial score (nSPS) is 12.3. The monoisotopic (exact) mass is 411 g/mol. The zero-order valence-electron chi connectivity index (χ0n) is 17.9. The van der Waals surface area contributed by atoms with Gasteiger partial charge in [-0.2, -0.15) is 5.10 Å². The second-order valence-electron chi connectivity index (χ2n) is 7.48. The Morgan fingerprint density at radius 3 is 2.43 bits per heavy atom. The summed E-state index contributed by atoms with van der Waals surface area (Å²) in [7, 11) is 1.85. The molecule has 1 aromatic heterocycles. The van der Waals surface area contributed by atoms with E-state index in [2.05, 4.69) is 11.8 Å². The molecule has 0 aliphatic carbocycles. The highest BCUT2D eigenvalue weighted by molar-refractivity contribution is 5.65. The van der Waals surface area contributed by atoms with E-state index in [1.807, 2.05) is 44.3 Å². The second-order valence-corrected chi connectivity index (χ2v) is 7.48. The van der Waals surface area contributed by atoms with Crippen LogP contribution in [0.15, 0.2) is 54.6 Å². The third-order valence-corrected chi connectivity index (χ3v) is 5.03. The molecule has 0 saturated heterocycles. The average Bonchev–Trinajstić information content (AvgIpc) is 3.05. The molecule has 3 rings (SSSR count). The molecule has 1 atom stereocenters. The molecular weight excluding hydrogens is 381 g/mol. The van der Waals surface area contributed by atoms with Crippen LogP contribution in [0.25, 0.3) is 11.3 Å². The lowest BCUT2D eigenvalue weighted by Gasteiger charge is -2.24. The van der Waals surface area contributed by atoms with Crippen LogP contribution in [-0.2, 0) is 13.6 Å². The zero-order valence-corrected chi connectivity index (χ0v) is 17.9. The quantitative estimate of drug-likeness (QED) is 0.510. The van der Waals surface area contributed by atoms with Crippen LogP contribution in [0, 0.1) is 5.82 Å². The minimum Gasteiger partial charge on any atom is -0.439 e. The molecule has 5 nitrogen and oxygen atoms in total. The molecule has 1 N–H and O–H groups in total. The van der Waals surface area contributed by atoms with E-state index in [0.717, 1.165) is 29.8 Å². The third-order valence-electron chi connectivity index (χ3n) is 5.03. The number of halogens is 1. The number of aryl methyl sites for hydroxylation is 1. The van der Waals surface area contributed by atoms with Crippen molar-refractivity contribution in [3.05, 3.63) is 66.0 Å². The Labute approximate surface area is 177 Å². The van der Waals surface area contributed by atoms with Crippen LogP contribution in [0.5, 0.6) is 11.6 Å². The van der Waals surface area contributed by atoms with Crippen LogP contribution in [-0.4, -0.2) is 39.0 Å². The molecule has 0 aliphatic heterocycles. The Morgan fingerprint density at radius 2 is 1.80 bits per heavy atom.